The number of anilines is 2. The van der Waals surface area contributed by atoms with Crippen molar-refractivity contribution in [3.8, 4) is 0 Å². The maximum atomic E-state index is 5.69. The number of nitrogens with zero attached hydrogens (tertiary/aromatic N) is 2. The van der Waals surface area contributed by atoms with Gasteiger partial charge in [-0.25, -0.2) is 0 Å². The molecule has 0 saturated heterocycles. The SMILES string of the molecule is Cn1cc(CCNc2cccc(N)c2)cn1. The van der Waals surface area contributed by atoms with Gasteiger partial charge in [0.2, 0.25) is 0 Å². The number of hydrogen-bond donors (Lipinski definition) is 2. The van der Waals surface area contributed by atoms with Gasteiger partial charge in [0.15, 0.2) is 0 Å². The highest BCUT2D eigenvalue weighted by Gasteiger charge is 1.96. The van der Waals surface area contributed by atoms with E-state index in [1.54, 1.807) is 0 Å². The highest BCUT2D eigenvalue weighted by Crippen LogP contribution is 2.11. The Balaban J connectivity index is 1.84. The first-order valence-corrected chi connectivity index (χ1v) is 5.31. The highest BCUT2D eigenvalue weighted by atomic mass is 15.2. The van der Waals surface area contributed by atoms with E-state index in [0.29, 0.717) is 0 Å². The van der Waals surface area contributed by atoms with Crippen LogP contribution in [-0.2, 0) is 13.5 Å². The first kappa shape index (κ1) is 10.5. The van der Waals surface area contributed by atoms with E-state index in [0.717, 1.165) is 24.3 Å². The number of aryl methyl sites for hydroxylation is 1. The fraction of sp³-hybridized carbons (Fsp3) is 0.250. The normalized spacial score (nSPS) is 10.3. The topological polar surface area (TPSA) is 55.9 Å². The van der Waals surface area contributed by atoms with E-state index in [1.165, 1.54) is 5.56 Å². The van der Waals surface area contributed by atoms with E-state index in [2.05, 4.69) is 10.4 Å². The Bertz CT molecular complexity index is 462. The Labute approximate surface area is 95.1 Å². The van der Waals surface area contributed by atoms with Gasteiger partial charge in [-0.05, 0) is 30.2 Å². The van der Waals surface area contributed by atoms with Crippen LogP contribution in [0, 0.1) is 0 Å². The van der Waals surface area contributed by atoms with Gasteiger partial charge in [-0.15, -0.1) is 0 Å². The zero-order valence-corrected chi connectivity index (χ0v) is 9.35. The molecule has 2 rings (SSSR count). The average Bonchev–Trinajstić information content (AvgIpc) is 2.64. The quantitative estimate of drug-likeness (QED) is 0.764. The van der Waals surface area contributed by atoms with Crippen molar-refractivity contribution in [3.63, 3.8) is 0 Å². The molecule has 0 aliphatic carbocycles. The third kappa shape index (κ3) is 2.76. The molecule has 0 unspecified atom stereocenters. The second-order valence-corrected chi connectivity index (χ2v) is 3.82. The summed E-state index contributed by atoms with van der Waals surface area (Å²) < 4.78 is 1.82. The van der Waals surface area contributed by atoms with Crippen LogP contribution < -0.4 is 11.1 Å². The molecule has 0 spiro atoms. The molecule has 1 aromatic carbocycles. The van der Waals surface area contributed by atoms with Gasteiger partial charge in [-0.1, -0.05) is 6.07 Å². The van der Waals surface area contributed by atoms with Crippen molar-refractivity contribution < 1.29 is 0 Å². The van der Waals surface area contributed by atoms with Crippen molar-refractivity contribution in [2.75, 3.05) is 17.6 Å². The van der Waals surface area contributed by atoms with Gasteiger partial charge < -0.3 is 11.1 Å². The monoisotopic (exact) mass is 216 g/mol. The minimum Gasteiger partial charge on any atom is -0.399 e. The van der Waals surface area contributed by atoms with Crippen LogP contribution in [0.2, 0.25) is 0 Å². The minimum atomic E-state index is 0.784. The highest BCUT2D eigenvalue weighted by molar-refractivity contribution is 5.54. The van der Waals surface area contributed by atoms with Gasteiger partial charge >= 0.3 is 0 Å². The van der Waals surface area contributed by atoms with Crippen LogP contribution in [0.5, 0.6) is 0 Å². The Hall–Kier alpha value is -1.97. The largest absolute Gasteiger partial charge is 0.399 e. The molecule has 4 nitrogen and oxygen atoms in total. The summed E-state index contributed by atoms with van der Waals surface area (Å²) in [6.07, 6.45) is 4.88. The van der Waals surface area contributed by atoms with Gasteiger partial charge in [0.25, 0.3) is 0 Å². The van der Waals surface area contributed by atoms with Gasteiger partial charge in [0, 0.05) is 31.2 Å². The third-order valence-electron chi connectivity index (χ3n) is 2.39. The van der Waals surface area contributed by atoms with Gasteiger partial charge in [-0.3, -0.25) is 4.68 Å². The molecule has 0 aliphatic heterocycles. The zero-order valence-electron chi connectivity index (χ0n) is 9.35. The third-order valence-corrected chi connectivity index (χ3v) is 2.39. The zero-order chi connectivity index (χ0) is 11.4. The molecule has 0 atom stereocenters. The molecule has 1 aromatic heterocycles. The first-order chi connectivity index (χ1) is 7.74. The summed E-state index contributed by atoms with van der Waals surface area (Å²) in [5.41, 5.74) is 8.77. The first-order valence-electron chi connectivity index (χ1n) is 5.31. The molecule has 1 heterocycles. The van der Waals surface area contributed by atoms with E-state index < -0.39 is 0 Å². The number of nitrogen functional groups attached to an aromatic ring is 1. The predicted molar refractivity (Wildman–Crippen MR) is 66.3 cm³/mol. The summed E-state index contributed by atoms with van der Waals surface area (Å²) in [5.74, 6) is 0. The standard InChI is InChI=1S/C12H16N4/c1-16-9-10(8-15-16)5-6-14-12-4-2-3-11(13)7-12/h2-4,7-9,14H,5-6,13H2,1H3. The van der Waals surface area contributed by atoms with Crippen molar-refractivity contribution in [3.05, 3.63) is 42.2 Å². The fourth-order valence-electron chi connectivity index (χ4n) is 1.60. The van der Waals surface area contributed by atoms with Gasteiger partial charge in [0.05, 0.1) is 6.20 Å². The Morgan fingerprint density at radius 3 is 3.00 bits per heavy atom. The number of hydrogen-bond acceptors (Lipinski definition) is 3. The summed E-state index contributed by atoms with van der Waals surface area (Å²) in [6.45, 7) is 0.884. The van der Waals surface area contributed by atoms with Crippen LogP contribution in [0.1, 0.15) is 5.56 Å². The molecule has 0 aliphatic rings. The van der Waals surface area contributed by atoms with E-state index in [4.69, 9.17) is 5.73 Å². The average molecular weight is 216 g/mol. The second kappa shape index (κ2) is 4.70. The molecule has 16 heavy (non-hydrogen) atoms. The molecule has 3 N–H and O–H groups in total. The predicted octanol–water partition coefficient (Wildman–Crippen LogP) is 1.66. The summed E-state index contributed by atoms with van der Waals surface area (Å²) >= 11 is 0. The molecule has 0 fully saturated rings. The Kier molecular flexibility index (Phi) is 3.10. The number of nitrogens with one attached hydrogen (secondary N) is 1. The lowest BCUT2D eigenvalue weighted by Gasteiger charge is -2.05. The lowest BCUT2D eigenvalue weighted by atomic mass is 10.2. The van der Waals surface area contributed by atoms with Crippen molar-refractivity contribution >= 4 is 11.4 Å². The van der Waals surface area contributed by atoms with Crippen LogP contribution in [0.15, 0.2) is 36.7 Å². The Morgan fingerprint density at radius 2 is 2.31 bits per heavy atom. The maximum Gasteiger partial charge on any atom is 0.0522 e. The van der Waals surface area contributed by atoms with Crippen molar-refractivity contribution in [1.82, 2.24) is 9.78 Å². The minimum absolute atomic E-state index is 0.784. The lowest BCUT2D eigenvalue weighted by Crippen LogP contribution is -2.04. The fourth-order valence-corrected chi connectivity index (χ4v) is 1.60. The van der Waals surface area contributed by atoms with E-state index >= 15 is 0 Å². The Morgan fingerprint density at radius 1 is 1.44 bits per heavy atom. The molecule has 84 valence electrons. The van der Waals surface area contributed by atoms with Crippen molar-refractivity contribution in [1.29, 1.82) is 0 Å². The van der Waals surface area contributed by atoms with E-state index in [9.17, 15) is 0 Å². The molecule has 4 heteroatoms. The van der Waals surface area contributed by atoms with E-state index in [1.807, 2.05) is 48.4 Å². The van der Waals surface area contributed by atoms with Crippen LogP contribution in [-0.4, -0.2) is 16.3 Å². The van der Waals surface area contributed by atoms with Crippen LogP contribution in [0.3, 0.4) is 0 Å². The lowest BCUT2D eigenvalue weighted by molar-refractivity contribution is 0.767. The number of rotatable bonds is 4. The summed E-state index contributed by atoms with van der Waals surface area (Å²) in [4.78, 5) is 0. The van der Waals surface area contributed by atoms with Gasteiger partial charge in [-0.2, -0.15) is 5.10 Å². The van der Waals surface area contributed by atoms with Crippen LogP contribution >= 0.6 is 0 Å². The van der Waals surface area contributed by atoms with Crippen molar-refractivity contribution in [2.45, 2.75) is 6.42 Å². The number of nitrogens with two attached hydrogens (primary N) is 1. The number of aromatic nitrogens is 2. The smallest absolute Gasteiger partial charge is 0.0522 e. The van der Waals surface area contributed by atoms with Crippen LogP contribution in [0.25, 0.3) is 0 Å². The van der Waals surface area contributed by atoms with Gasteiger partial charge in [0.1, 0.15) is 0 Å². The number of benzene rings is 1. The molecule has 0 amide bonds. The van der Waals surface area contributed by atoms with Crippen LogP contribution in [0.4, 0.5) is 11.4 Å². The molecule has 0 saturated carbocycles. The maximum absolute atomic E-state index is 5.69. The molecule has 0 radical (unpaired) electrons. The van der Waals surface area contributed by atoms with Crippen molar-refractivity contribution in [2.24, 2.45) is 7.05 Å². The summed E-state index contributed by atoms with van der Waals surface area (Å²) in [7, 11) is 1.93. The second-order valence-electron chi connectivity index (χ2n) is 3.82. The molecular formula is C12H16N4. The molecule has 2 aromatic rings. The summed E-state index contributed by atoms with van der Waals surface area (Å²) in [5, 5.41) is 7.45. The molecular weight excluding hydrogens is 200 g/mol. The van der Waals surface area contributed by atoms with E-state index in [-0.39, 0.29) is 0 Å². The molecule has 0 bridgehead atoms. The summed E-state index contributed by atoms with van der Waals surface area (Å²) in [6, 6.07) is 7.77.